The Hall–Kier alpha value is -2.67. The summed E-state index contributed by atoms with van der Waals surface area (Å²) in [6.07, 6.45) is 1.79. The highest BCUT2D eigenvalue weighted by atomic mass is 16.1. The van der Waals surface area contributed by atoms with Crippen LogP contribution >= 0.6 is 0 Å². The molecule has 0 saturated carbocycles. The quantitative estimate of drug-likeness (QED) is 0.729. The number of hydrogen-bond acceptors (Lipinski definition) is 6. The monoisotopic (exact) mass is 301 g/mol. The molecule has 0 aromatic carbocycles. The predicted octanol–water partition coefficient (Wildman–Crippen LogP) is 2.74. The molecule has 6 heteroatoms. The summed E-state index contributed by atoms with van der Waals surface area (Å²) < 4.78 is 0. The molecule has 1 aliphatic carbocycles. The molecule has 0 radical (unpaired) electrons. The normalized spacial score (nSPS) is 13.8. The van der Waals surface area contributed by atoms with Crippen molar-refractivity contribution in [3.05, 3.63) is 11.1 Å². The molecule has 0 atom stereocenters. The van der Waals surface area contributed by atoms with Gasteiger partial charge < -0.3 is 5.73 Å². The van der Waals surface area contributed by atoms with Crippen LogP contribution in [0.15, 0.2) is 11.1 Å². The summed E-state index contributed by atoms with van der Waals surface area (Å²) in [5.41, 5.74) is 7.30. The third-order valence-corrected chi connectivity index (χ3v) is 2.54. The Morgan fingerprint density at radius 3 is 1.55 bits per heavy atom. The van der Waals surface area contributed by atoms with Gasteiger partial charge in [-0.05, 0) is 37.8 Å². The molecule has 0 bridgehead atoms. The Kier molecular flexibility index (Phi) is 16.3. The second kappa shape index (κ2) is 14.7. The molecule has 2 N–H and O–H groups in total. The first-order valence-corrected chi connectivity index (χ1v) is 6.63. The first-order chi connectivity index (χ1) is 10.2. The lowest BCUT2D eigenvalue weighted by Crippen LogP contribution is -2.23. The SMILES string of the molecule is CC1=C(C)C(=O)CC(C)(C)C1.CCN.N#CC#N.N#CC#N. The van der Waals surface area contributed by atoms with Crippen molar-refractivity contribution in [3.63, 3.8) is 0 Å². The molecular weight excluding hydrogens is 278 g/mol. The molecule has 6 nitrogen and oxygen atoms in total. The van der Waals surface area contributed by atoms with Crippen LogP contribution in [-0.4, -0.2) is 12.3 Å². The van der Waals surface area contributed by atoms with Gasteiger partial charge in [0, 0.05) is 6.42 Å². The van der Waals surface area contributed by atoms with Crippen molar-refractivity contribution in [1.82, 2.24) is 0 Å². The van der Waals surface area contributed by atoms with Gasteiger partial charge in [-0.3, -0.25) is 4.79 Å². The number of hydrogen-bond donors (Lipinski definition) is 1. The minimum Gasteiger partial charge on any atom is -0.331 e. The highest BCUT2D eigenvalue weighted by molar-refractivity contribution is 5.96. The second-order valence-corrected chi connectivity index (χ2v) is 5.20. The molecule has 22 heavy (non-hydrogen) atoms. The van der Waals surface area contributed by atoms with E-state index in [0.717, 1.165) is 25.0 Å². The maximum atomic E-state index is 11.4. The molecule has 0 fully saturated rings. The van der Waals surface area contributed by atoms with Crippen LogP contribution in [0.25, 0.3) is 0 Å². The Balaban J connectivity index is -0.000000273. The van der Waals surface area contributed by atoms with Gasteiger partial charge in [0.15, 0.2) is 30.1 Å². The van der Waals surface area contributed by atoms with Crippen molar-refractivity contribution in [3.8, 4) is 24.3 Å². The van der Waals surface area contributed by atoms with E-state index in [1.54, 1.807) is 0 Å². The van der Waals surface area contributed by atoms with Gasteiger partial charge in [-0.2, -0.15) is 21.0 Å². The zero-order valence-electron chi connectivity index (χ0n) is 13.9. The number of nitrogens with zero attached hydrogens (tertiary/aromatic N) is 4. The largest absolute Gasteiger partial charge is 0.331 e. The van der Waals surface area contributed by atoms with E-state index in [9.17, 15) is 4.79 Å². The molecule has 1 aliphatic rings. The number of Topliss-reactive ketones (excluding diaryl/α,β-unsaturated/α-hetero) is 1. The zero-order chi connectivity index (χ0) is 18.2. The number of nitrogens with two attached hydrogens (primary N) is 1. The highest BCUT2D eigenvalue weighted by Gasteiger charge is 2.28. The topological polar surface area (TPSA) is 138 Å². The van der Waals surface area contributed by atoms with Crippen molar-refractivity contribution in [2.45, 2.75) is 47.5 Å². The smallest absolute Gasteiger partial charge is 0.181 e. The van der Waals surface area contributed by atoms with Gasteiger partial charge in [0.25, 0.3) is 0 Å². The molecule has 0 spiro atoms. The van der Waals surface area contributed by atoms with E-state index in [0.29, 0.717) is 5.78 Å². The lowest BCUT2D eigenvalue weighted by atomic mass is 9.74. The molecule has 0 unspecified atom stereocenters. The minimum atomic E-state index is 0.195. The molecule has 0 aromatic rings. The van der Waals surface area contributed by atoms with Crippen LogP contribution in [-0.2, 0) is 4.79 Å². The Bertz CT molecular complexity index is 485. The summed E-state index contributed by atoms with van der Waals surface area (Å²) in [5.74, 6) is 0.332. The number of carbonyl (C=O) groups is 1. The van der Waals surface area contributed by atoms with Crippen molar-refractivity contribution >= 4 is 5.78 Å². The second-order valence-electron chi connectivity index (χ2n) is 5.20. The van der Waals surface area contributed by atoms with E-state index in [2.05, 4.69) is 20.8 Å². The number of ketones is 1. The summed E-state index contributed by atoms with van der Waals surface area (Å²) in [7, 11) is 0. The fraction of sp³-hybridized carbons (Fsp3) is 0.562. The van der Waals surface area contributed by atoms with Crippen LogP contribution in [0.3, 0.4) is 0 Å². The van der Waals surface area contributed by atoms with Crippen LogP contribution < -0.4 is 5.73 Å². The van der Waals surface area contributed by atoms with Crippen molar-refractivity contribution < 1.29 is 4.79 Å². The van der Waals surface area contributed by atoms with E-state index in [1.165, 1.54) is 29.8 Å². The number of nitriles is 4. The van der Waals surface area contributed by atoms with E-state index in [1.807, 2.05) is 13.8 Å². The zero-order valence-corrected chi connectivity index (χ0v) is 13.9. The molecule has 0 heterocycles. The van der Waals surface area contributed by atoms with Crippen molar-refractivity contribution in [2.24, 2.45) is 11.1 Å². The summed E-state index contributed by atoms with van der Waals surface area (Å²) in [4.78, 5) is 11.4. The maximum absolute atomic E-state index is 11.4. The fourth-order valence-corrected chi connectivity index (χ4v) is 1.72. The average Bonchev–Trinajstić information content (AvgIpc) is 2.45. The Morgan fingerprint density at radius 1 is 1.00 bits per heavy atom. The first-order valence-electron chi connectivity index (χ1n) is 6.63. The van der Waals surface area contributed by atoms with Gasteiger partial charge >= 0.3 is 0 Å². The van der Waals surface area contributed by atoms with E-state index >= 15 is 0 Å². The first kappa shape index (κ1) is 24.4. The van der Waals surface area contributed by atoms with Gasteiger partial charge in [0.05, 0.1) is 0 Å². The lowest BCUT2D eigenvalue weighted by Gasteiger charge is -2.29. The molecular formula is C16H23N5O. The van der Waals surface area contributed by atoms with E-state index < -0.39 is 0 Å². The Morgan fingerprint density at radius 2 is 1.32 bits per heavy atom. The van der Waals surface area contributed by atoms with Gasteiger partial charge in [-0.25, -0.2) is 0 Å². The lowest BCUT2D eigenvalue weighted by molar-refractivity contribution is -0.118. The summed E-state index contributed by atoms with van der Waals surface area (Å²) >= 11 is 0. The highest BCUT2D eigenvalue weighted by Crippen LogP contribution is 2.36. The van der Waals surface area contributed by atoms with Crippen LogP contribution in [0.1, 0.15) is 47.5 Å². The van der Waals surface area contributed by atoms with Gasteiger partial charge in [0.2, 0.25) is 0 Å². The van der Waals surface area contributed by atoms with E-state index in [-0.39, 0.29) is 5.41 Å². The van der Waals surface area contributed by atoms with Crippen molar-refractivity contribution in [1.29, 1.82) is 21.0 Å². The van der Waals surface area contributed by atoms with E-state index in [4.69, 9.17) is 26.8 Å². The predicted molar refractivity (Wildman–Crippen MR) is 83.6 cm³/mol. The van der Waals surface area contributed by atoms with Gasteiger partial charge in [0.1, 0.15) is 0 Å². The number of allylic oxidation sites excluding steroid dienone is 2. The average molecular weight is 301 g/mol. The van der Waals surface area contributed by atoms with Crippen LogP contribution in [0, 0.1) is 50.7 Å². The van der Waals surface area contributed by atoms with Crippen molar-refractivity contribution in [2.75, 3.05) is 6.54 Å². The molecule has 0 aliphatic heterocycles. The number of rotatable bonds is 0. The minimum absolute atomic E-state index is 0.195. The Labute approximate surface area is 133 Å². The standard InChI is InChI=1S/C10H16O.2C2N2.C2H7N/c1-7-5-10(3,4)6-9(11)8(7)2;2*3-1-2-4;1-2-3/h5-6H2,1-4H3;;;2-3H2,1H3. The molecule has 0 aromatic heterocycles. The van der Waals surface area contributed by atoms with Crippen LogP contribution in [0.5, 0.6) is 0 Å². The van der Waals surface area contributed by atoms with Crippen LogP contribution in [0.2, 0.25) is 0 Å². The third-order valence-electron chi connectivity index (χ3n) is 2.54. The third kappa shape index (κ3) is 15.4. The summed E-state index contributed by atoms with van der Waals surface area (Å²) in [6, 6.07) is 4.94. The molecule has 118 valence electrons. The fourth-order valence-electron chi connectivity index (χ4n) is 1.72. The van der Waals surface area contributed by atoms with Crippen LogP contribution in [0.4, 0.5) is 0 Å². The number of carbonyl (C=O) groups excluding carboxylic acids is 1. The maximum Gasteiger partial charge on any atom is 0.181 e. The molecule has 0 amide bonds. The molecule has 1 rings (SSSR count). The molecule has 0 saturated heterocycles. The summed E-state index contributed by atoms with van der Waals surface area (Å²) in [5, 5.41) is 29.1. The van der Waals surface area contributed by atoms with Gasteiger partial charge in [-0.15, -0.1) is 0 Å². The van der Waals surface area contributed by atoms with Gasteiger partial charge in [-0.1, -0.05) is 26.3 Å². The summed E-state index contributed by atoms with van der Waals surface area (Å²) in [6.45, 7) is 11.0.